The molecule has 0 aliphatic carbocycles. The molecule has 0 bridgehead atoms. The number of esters is 1. The predicted octanol–water partition coefficient (Wildman–Crippen LogP) is 1.80. The van der Waals surface area contributed by atoms with E-state index < -0.39 is 0 Å². The van der Waals surface area contributed by atoms with E-state index in [1.807, 2.05) is 26.1 Å². The molecule has 2 N–H and O–H groups in total. The Kier molecular flexibility index (Phi) is 5.85. The normalized spacial score (nSPS) is 11.5. The van der Waals surface area contributed by atoms with Gasteiger partial charge in [0.2, 0.25) is 0 Å². The van der Waals surface area contributed by atoms with E-state index in [-0.39, 0.29) is 17.9 Å². The highest BCUT2D eigenvalue weighted by molar-refractivity contribution is 5.94. The van der Waals surface area contributed by atoms with Gasteiger partial charge in [-0.15, -0.1) is 0 Å². The van der Waals surface area contributed by atoms with Crippen molar-refractivity contribution < 1.29 is 14.3 Å². The van der Waals surface area contributed by atoms with Gasteiger partial charge in [0.1, 0.15) is 0 Å². The number of hydrogen-bond acceptors (Lipinski definition) is 4. The van der Waals surface area contributed by atoms with Crippen molar-refractivity contribution in [1.82, 2.24) is 5.32 Å². The van der Waals surface area contributed by atoms with Gasteiger partial charge in [-0.2, -0.15) is 0 Å². The quantitative estimate of drug-likeness (QED) is 0.769. The summed E-state index contributed by atoms with van der Waals surface area (Å²) in [5, 5.41) is 5.84. The summed E-state index contributed by atoms with van der Waals surface area (Å²) >= 11 is 0. The lowest BCUT2D eigenvalue weighted by Gasteiger charge is -2.13. The minimum absolute atomic E-state index is 0.0735. The SMILES string of the molecule is CNc1ccc(C(=O)N[C@H](C)CCC(=O)OC)cc1. The summed E-state index contributed by atoms with van der Waals surface area (Å²) in [4.78, 5) is 22.9. The van der Waals surface area contributed by atoms with Crippen molar-refractivity contribution in [1.29, 1.82) is 0 Å². The third kappa shape index (κ3) is 4.99. The van der Waals surface area contributed by atoms with Crippen LogP contribution in [0.25, 0.3) is 0 Å². The van der Waals surface area contributed by atoms with E-state index in [0.29, 0.717) is 18.4 Å². The maximum Gasteiger partial charge on any atom is 0.305 e. The Morgan fingerprint density at radius 2 is 1.89 bits per heavy atom. The highest BCUT2D eigenvalue weighted by atomic mass is 16.5. The zero-order valence-electron chi connectivity index (χ0n) is 11.5. The van der Waals surface area contributed by atoms with Crippen molar-refractivity contribution in [3.05, 3.63) is 29.8 Å². The first-order chi connectivity index (χ1) is 9.06. The van der Waals surface area contributed by atoms with Gasteiger partial charge in [-0.3, -0.25) is 9.59 Å². The molecule has 1 amide bonds. The third-order valence-corrected chi connectivity index (χ3v) is 2.82. The van der Waals surface area contributed by atoms with E-state index in [2.05, 4.69) is 15.4 Å². The average molecular weight is 264 g/mol. The molecule has 5 heteroatoms. The molecule has 0 fully saturated rings. The van der Waals surface area contributed by atoms with Crippen molar-refractivity contribution in [3.8, 4) is 0 Å². The molecule has 0 aromatic heterocycles. The minimum Gasteiger partial charge on any atom is -0.469 e. The van der Waals surface area contributed by atoms with E-state index in [4.69, 9.17) is 0 Å². The van der Waals surface area contributed by atoms with E-state index >= 15 is 0 Å². The molecule has 0 saturated heterocycles. The fourth-order valence-electron chi connectivity index (χ4n) is 1.60. The molecule has 1 rings (SSSR count). The lowest BCUT2D eigenvalue weighted by atomic mass is 10.1. The Bertz CT molecular complexity index is 429. The van der Waals surface area contributed by atoms with Crippen LogP contribution in [0.4, 0.5) is 5.69 Å². The molecule has 0 spiro atoms. The molecule has 19 heavy (non-hydrogen) atoms. The summed E-state index contributed by atoms with van der Waals surface area (Å²) in [5.41, 5.74) is 1.55. The Morgan fingerprint density at radius 1 is 1.26 bits per heavy atom. The molecule has 5 nitrogen and oxygen atoms in total. The topological polar surface area (TPSA) is 67.4 Å². The van der Waals surface area contributed by atoms with Gasteiger partial charge in [-0.1, -0.05) is 0 Å². The lowest BCUT2D eigenvalue weighted by Crippen LogP contribution is -2.33. The standard InChI is InChI=1S/C14H20N2O3/c1-10(4-9-13(17)19-3)16-14(18)11-5-7-12(15-2)8-6-11/h5-8,10,15H,4,9H2,1-3H3,(H,16,18)/t10-/m1/s1. The minimum atomic E-state index is -0.264. The fraction of sp³-hybridized carbons (Fsp3) is 0.429. The number of benzene rings is 1. The van der Waals surface area contributed by atoms with Crippen LogP contribution in [0.2, 0.25) is 0 Å². The van der Waals surface area contributed by atoms with Gasteiger partial charge in [-0.05, 0) is 37.6 Å². The van der Waals surface area contributed by atoms with Crippen LogP contribution in [-0.2, 0) is 9.53 Å². The Morgan fingerprint density at radius 3 is 2.42 bits per heavy atom. The zero-order valence-corrected chi connectivity index (χ0v) is 11.5. The van der Waals surface area contributed by atoms with Crippen LogP contribution >= 0.6 is 0 Å². The maximum atomic E-state index is 11.9. The van der Waals surface area contributed by atoms with Crippen LogP contribution in [0, 0.1) is 0 Å². The first-order valence-electron chi connectivity index (χ1n) is 6.22. The molecule has 0 heterocycles. The summed E-state index contributed by atoms with van der Waals surface area (Å²) in [7, 11) is 3.18. The number of hydrogen-bond donors (Lipinski definition) is 2. The molecule has 0 radical (unpaired) electrons. The van der Waals surface area contributed by atoms with Crippen LogP contribution in [-0.4, -0.2) is 32.1 Å². The van der Waals surface area contributed by atoms with E-state index in [1.54, 1.807) is 12.1 Å². The van der Waals surface area contributed by atoms with Crippen molar-refractivity contribution in [2.75, 3.05) is 19.5 Å². The molecule has 0 saturated carbocycles. The van der Waals surface area contributed by atoms with Crippen molar-refractivity contribution in [2.45, 2.75) is 25.8 Å². The van der Waals surface area contributed by atoms with E-state index in [0.717, 1.165) is 5.69 Å². The molecule has 0 aliphatic rings. The fourth-order valence-corrected chi connectivity index (χ4v) is 1.60. The van der Waals surface area contributed by atoms with Crippen LogP contribution in [0.5, 0.6) is 0 Å². The second kappa shape index (κ2) is 7.41. The molecule has 104 valence electrons. The molecule has 0 unspecified atom stereocenters. The molecule has 1 aromatic carbocycles. The average Bonchev–Trinajstić information content (AvgIpc) is 2.44. The number of rotatable bonds is 6. The molecular formula is C14H20N2O3. The zero-order chi connectivity index (χ0) is 14.3. The number of amides is 1. The Hall–Kier alpha value is -2.04. The summed E-state index contributed by atoms with van der Waals surface area (Å²) in [6, 6.07) is 7.13. The maximum absolute atomic E-state index is 11.9. The van der Waals surface area contributed by atoms with Crippen molar-refractivity contribution in [2.24, 2.45) is 0 Å². The van der Waals surface area contributed by atoms with E-state index in [1.165, 1.54) is 7.11 Å². The van der Waals surface area contributed by atoms with Gasteiger partial charge in [0.05, 0.1) is 7.11 Å². The van der Waals surface area contributed by atoms with E-state index in [9.17, 15) is 9.59 Å². The van der Waals surface area contributed by atoms with Crippen LogP contribution in [0.3, 0.4) is 0 Å². The van der Waals surface area contributed by atoms with Gasteiger partial charge in [-0.25, -0.2) is 0 Å². The van der Waals surface area contributed by atoms with Crippen LogP contribution in [0.1, 0.15) is 30.1 Å². The smallest absolute Gasteiger partial charge is 0.305 e. The summed E-state index contributed by atoms with van der Waals surface area (Å²) in [6.07, 6.45) is 0.865. The second-order valence-electron chi connectivity index (χ2n) is 4.32. The Balaban J connectivity index is 2.46. The molecule has 1 aromatic rings. The lowest BCUT2D eigenvalue weighted by molar-refractivity contribution is -0.140. The van der Waals surface area contributed by atoms with Gasteiger partial charge < -0.3 is 15.4 Å². The first kappa shape index (κ1) is 15.0. The summed E-state index contributed by atoms with van der Waals surface area (Å²) in [5.74, 6) is -0.403. The highest BCUT2D eigenvalue weighted by Crippen LogP contribution is 2.09. The largest absolute Gasteiger partial charge is 0.469 e. The van der Waals surface area contributed by atoms with Gasteiger partial charge in [0, 0.05) is 30.8 Å². The summed E-state index contributed by atoms with van der Waals surface area (Å²) in [6.45, 7) is 1.86. The van der Waals surface area contributed by atoms with Gasteiger partial charge in [0.15, 0.2) is 0 Å². The molecule has 0 aliphatic heterocycles. The Labute approximate surface area is 113 Å². The number of carbonyl (C=O) groups is 2. The summed E-state index contributed by atoms with van der Waals surface area (Å²) < 4.78 is 4.56. The van der Waals surface area contributed by atoms with Gasteiger partial charge >= 0.3 is 5.97 Å². The number of nitrogens with one attached hydrogen (secondary N) is 2. The number of anilines is 1. The third-order valence-electron chi connectivity index (χ3n) is 2.82. The predicted molar refractivity (Wildman–Crippen MR) is 74.2 cm³/mol. The monoisotopic (exact) mass is 264 g/mol. The van der Waals surface area contributed by atoms with Crippen LogP contribution in [0.15, 0.2) is 24.3 Å². The second-order valence-corrected chi connectivity index (χ2v) is 4.32. The molecular weight excluding hydrogens is 244 g/mol. The first-order valence-corrected chi connectivity index (χ1v) is 6.22. The number of carbonyl (C=O) groups excluding carboxylic acids is 2. The highest BCUT2D eigenvalue weighted by Gasteiger charge is 2.11. The molecule has 1 atom stereocenters. The van der Waals surface area contributed by atoms with Crippen molar-refractivity contribution >= 4 is 17.6 Å². The van der Waals surface area contributed by atoms with Gasteiger partial charge in [0.25, 0.3) is 5.91 Å². The number of methoxy groups -OCH3 is 1. The number of ether oxygens (including phenoxy) is 1. The van der Waals surface area contributed by atoms with Crippen molar-refractivity contribution in [3.63, 3.8) is 0 Å². The van der Waals surface area contributed by atoms with Crippen LogP contribution < -0.4 is 10.6 Å².